The van der Waals surface area contributed by atoms with Crippen LogP contribution in [0.2, 0.25) is 0 Å². The lowest BCUT2D eigenvalue weighted by molar-refractivity contribution is -0.153. The van der Waals surface area contributed by atoms with E-state index in [0.29, 0.717) is 12.5 Å². The van der Waals surface area contributed by atoms with Crippen molar-refractivity contribution in [3.05, 3.63) is 0 Å². The van der Waals surface area contributed by atoms with Crippen LogP contribution in [0.15, 0.2) is 0 Å². The van der Waals surface area contributed by atoms with Gasteiger partial charge in [-0.3, -0.25) is 9.59 Å². The van der Waals surface area contributed by atoms with Gasteiger partial charge in [-0.25, -0.2) is 0 Å². The fourth-order valence-corrected chi connectivity index (χ4v) is 2.98. The van der Waals surface area contributed by atoms with Gasteiger partial charge in [0.2, 0.25) is 11.8 Å². The fraction of sp³-hybridized carbons (Fsp3) is 0.857. The van der Waals surface area contributed by atoms with E-state index in [4.69, 9.17) is 4.74 Å². The summed E-state index contributed by atoms with van der Waals surface area (Å²) in [6.45, 7) is 9.19. The lowest BCUT2D eigenvalue weighted by Crippen LogP contribution is -2.66. The van der Waals surface area contributed by atoms with Crippen molar-refractivity contribution in [3.63, 3.8) is 0 Å². The summed E-state index contributed by atoms with van der Waals surface area (Å²) in [6.07, 6.45) is 0.964. The maximum atomic E-state index is 12.6. The van der Waals surface area contributed by atoms with Crippen molar-refractivity contribution in [2.45, 2.75) is 52.2 Å². The molecule has 2 saturated heterocycles. The largest absolute Gasteiger partial charge is 0.381 e. The summed E-state index contributed by atoms with van der Waals surface area (Å²) in [4.78, 5) is 26.4. The first-order chi connectivity index (χ1) is 8.93. The average molecular weight is 268 g/mol. The topological polar surface area (TPSA) is 58.6 Å². The van der Waals surface area contributed by atoms with Crippen LogP contribution >= 0.6 is 0 Å². The van der Waals surface area contributed by atoms with E-state index in [9.17, 15) is 9.59 Å². The SMILES string of the molecule is CC(C)C1NC(=O)C(C)N(C(C)C2CCOC2)C1=O. The molecule has 0 aliphatic carbocycles. The molecule has 5 nitrogen and oxygen atoms in total. The molecule has 2 fully saturated rings. The van der Waals surface area contributed by atoms with Crippen LogP contribution in [0.25, 0.3) is 0 Å². The van der Waals surface area contributed by atoms with Crippen LogP contribution in [0.3, 0.4) is 0 Å². The molecule has 0 saturated carbocycles. The van der Waals surface area contributed by atoms with Gasteiger partial charge in [-0.2, -0.15) is 0 Å². The normalized spacial score (nSPS) is 33.7. The van der Waals surface area contributed by atoms with E-state index in [1.807, 2.05) is 20.8 Å². The van der Waals surface area contributed by atoms with Crippen LogP contribution in [0.1, 0.15) is 34.1 Å². The van der Waals surface area contributed by atoms with Gasteiger partial charge in [-0.05, 0) is 26.2 Å². The van der Waals surface area contributed by atoms with Crippen LogP contribution in [0.4, 0.5) is 0 Å². The lowest BCUT2D eigenvalue weighted by Gasteiger charge is -2.43. The zero-order valence-electron chi connectivity index (χ0n) is 12.2. The van der Waals surface area contributed by atoms with Crippen LogP contribution in [-0.4, -0.2) is 48.1 Å². The van der Waals surface area contributed by atoms with Crippen molar-refractivity contribution >= 4 is 11.8 Å². The Morgan fingerprint density at radius 3 is 2.53 bits per heavy atom. The minimum absolute atomic E-state index is 0.0431. The van der Waals surface area contributed by atoms with Crippen molar-refractivity contribution in [2.24, 2.45) is 11.8 Å². The molecule has 2 rings (SSSR count). The van der Waals surface area contributed by atoms with Gasteiger partial charge in [0, 0.05) is 18.6 Å². The second kappa shape index (κ2) is 5.49. The smallest absolute Gasteiger partial charge is 0.246 e. The Bertz CT molecular complexity index is 364. The molecule has 2 amide bonds. The zero-order valence-corrected chi connectivity index (χ0v) is 12.2. The van der Waals surface area contributed by atoms with Gasteiger partial charge in [0.05, 0.1) is 6.61 Å². The van der Waals surface area contributed by atoms with Gasteiger partial charge in [0.25, 0.3) is 0 Å². The second-order valence-corrected chi connectivity index (χ2v) is 6.02. The molecule has 0 aromatic heterocycles. The van der Waals surface area contributed by atoms with Crippen LogP contribution in [-0.2, 0) is 14.3 Å². The number of hydrogen-bond acceptors (Lipinski definition) is 3. The van der Waals surface area contributed by atoms with E-state index >= 15 is 0 Å². The number of nitrogens with one attached hydrogen (secondary N) is 1. The minimum Gasteiger partial charge on any atom is -0.381 e. The fourth-order valence-electron chi connectivity index (χ4n) is 2.98. The predicted octanol–water partition coefficient (Wildman–Crippen LogP) is 0.783. The number of hydrogen-bond donors (Lipinski definition) is 1. The first-order valence-corrected chi connectivity index (χ1v) is 7.13. The third-order valence-electron chi connectivity index (χ3n) is 4.37. The third kappa shape index (κ3) is 2.61. The lowest BCUT2D eigenvalue weighted by atomic mass is 9.92. The zero-order chi connectivity index (χ0) is 14.2. The van der Waals surface area contributed by atoms with Crippen molar-refractivity contribution in [1.29, 1.82) is 0 Å². The standard InChI is InChI=1S/C14H24N2O3/c1-8(2)12-14(18)16(10(4)13(17)15-12)9(3)11-5-6-19-7-11/h8-12H,5-7H2,1-4H3,(H,15,17). The summed E-state index contributed by atoms with van der Waals surface area (Å²) in [7, 11) is 0. The van der Waals surface area contributed by atoms with Gasteiger partial charge >= 0.3 is 0 Å². The number of amides is 2. The summed E-state index contributed by atoms with van der Waals surface area (Å²) < 4.78 is 5.40. The molecule has 0 aromatic rings. The summed E-state index contributed by atoms with van der Waals surface area (Å²) in [5.41, 5.74) is 0. The van der Waals surface area contributed by atoms with E-state index in [1.165, 1.54) is 0 Å². The Balaban J connectivity index is 2.19. The number of carbonyl (C=O) groups excluding carboxylic acids is 2. The number of piperazine rings is 1. The molecule has 5 heteroatoms. The van der Waals surface area contributed by atoms with E-state index < -0.39 is 12.1 Å². The van der Waals surface area contributed by atoms with Gasteiger partial charge in [-0.1, -0.05) is 13.8 Å². The highest BCUT2D eigenvalue weighted by Gasteiger charge is 2.43. The van der Waals surface area contributed by atoms with Crippen LogP contribution in [0, 0.1) is 11.8 Å². The average Bonchev–Trinajstić information content (AvgIpc) is 2.87. The monoisotopic (exact) mass is 268 g/mol. The van der Waals surface area contributed by atoms with E-state index in [1.54, 1.807) is 11.8 Å². The molecular formula is C14H24N2O3. The van der Waals surface area contributed by atoms with Crippen molar-refractivity contribution in [2.75, 3.05) is 13.2 Å². The molecule has 0 spiro atoms. The Kier molecular flexibility index (Phi) is 4.13. The Morgan fingerprint density at radius 2 is 2.00 bits per heavy atom. The van der Waals surface area contributed by atoms with Crippen molar-refractivity contribution in [3.8, 4) is 0 Å². The number of carbonyl (C=O) groups is 2. The Morgan fingerprint density at radius 1 is 1.32 bits per heavy atom. The Hall–Kier alpha value is -1.10. The van der Waals surface area contributed by atoms with Crippen molar-refractivity contribution < 1.29 is 14.3 Å². The van der Waals surface area contributed by atoms with Gasteiger partial charge < -0.3 is 15.0 Å². The molecular weight excluding hydrogens is 244 g/mol. The number of nitrogens with zero attached hydrogens (tertiary/aromatic N) is 1. The molecule has 2 aliphatic heterocycles. The maximum Gasteiger partial charge on any atom is 0.246 e. The summed E-state index contributed by atoms with van der Waals surface area (Å²) in [6, 6.07) is -0.733. The summed E-state index contributed by atoms with van der Waals surface area (Å²) in [5.74, 6) is 0.439. The van der Waals surface area contributed by atoms with Crippen LogP contribution < -0.4 is 5.32 Å². The van der Waals surface area contributed by atoms with Gasteiger partial charge in [0.15, 0.2) is 0 Å². The molecule has 2 heterocycles. The van der Waals surface area contributed by atoms with Crippen molar-refractivity contribution in [1.82, 2.24) is 10.2 Å². The summed E-state index contributed by atoms with van der Waals surface area (Å²) in [5, 5.41) is 2.83. The minimum atomic E-state index is -0.395. The highest BCUT2D eigenvalue weighted by atomic mass is 16.5. The maximum absolute atomic E-state index is 12.6. The molecule has 19 heavy (non-hydrogen) atoms. The van der Waals surface area contributed by atoms with E-state index in [-0.39, 0.29) is 23.8 Å². The molecule has 2 aliphatic rings. The molecule has 4 atom stereocenters. The molecule has 0 aromatic carbocycles. The second-order valence-electron chi connectivity index (χ2n) is 6.02. The summed E-state index contributed by atoms with van der Waals surface area (Å²) >= 11 is 0. The third-order valence-corrected chi connectivity index (χ3v) is 4.37. The quantitative estimate of drug-likeness (QED) is 0.823. The van der Waals surface area contributed by atoms with E-state index in [0.717, 1.165) is 13.0 Å². The van der Waals surface area contributed by atoms with E-state index in [2.05, 4.69) is 5.32 Å². The van der Waals surface area contributed by atoms with Gasteiger partial charge in [-0.15, -0.1) is 0 Å². The molecule has 0 radical (unpaired) electrons. The Labute approximate surface area is 114 Å². The predicted molar refractivity (Wildman–Crippen MR) is 71.5 cm³/mol. The first kappa shape index (κ1) is 14.3. The van der Waals surface area contributed by atoms with Crippen LogP contribution in [0.5, 0.6) is 0 Å². The molecule has 0 bridgehead atoms. The first-order valence-electron chi connectivity index (χ1n) is 7.13. The van der Waals surface area contributed by atoms with Gasteiger partial charge in [0.1, 0.15) is 12.1 Å². The number of rotatable bonds is 3. The highest BCUT2D eigenvalue weighted by molar-refractivity contribution is 5.97. The molecule has 4 unspecified atom stereocenters. The number of ether oxygens (including phenoxy) is 1. The molecule has 108 valence electrons. The molecule has 1 N–H and O–H groups in total. The highest BCUT2D eigenvalue weighted by Crippen LogP contribution is 2.26.